The van der Waals surface area contributed by atoms with E-state index in [4.69, 9.17) is 25.5 Å². The van der Waals surface area contributed by atoms with Gasteiger partial charge in [-0.15, -0.1) is 0 Å². The predicted molar refractivity (Wildman–Crippen MR) is 86.2 cm³/mol. The molecule has 0 aliphatic carbocycles. The maximum absolute atomic E-state index is 12.0. The number of hydrogen-bond donors (Lipinski definition) is 2. The van der Waals surface area contributed by atoms with Crippen LogP contribution in [0.25, 0.3) is 0 Å². The van der Waals surface area contributed by atoms with E-state index in [1.165, 1.54) is 0 Å². The van der Waals surface area contributed by atoms with Crippen LogP contribution in [0, 0.1) is 0 Å². The van der Waals surface area contributed by atoms with Gasteiger partial charge in [0.15, 0.2) is 11.5 Å². The Morgan fingerprint density at radius 3 is 2.74 bits per heavy atom. The highest BCUT2D eigenvalue weighted by molar-refractivity contribution is 6.33. The zero-order valence-electron chi connectivity index (χ0n) is 12.6. The van der Waals surface area contributed by atoms with E-state index in [2.05, 4.69) is 10.6 Å². The number of halogens is 1. The highest BCUT2D eigenvalue weighted by Gasteiger charge is 2.16. The predicted octanol–water partition coefficient (Wildman–Crippen LogP) is 2.99. The molecule has 2 heterocycles. The first-order valence-electron chi connectivity index (χ1n) is 7.29. The first-order valence-corrected chi connectivity index (χ1v) is 7.67. The van der Waals surface area contributed by atoms with Gasteiger partial charge in [0.05, 0.1) is 29.6 Å². The van der Waals surface area contributed by atoms with Crippen molar-refractivity contribution >= 4 is 23.2 Å². The third kappa shape index (κ3) is 3.71. The molecule has 0 saturated carbocycles. The monoisotopic (exact) mass is 336 g/mol. The Morgan fingerprint density at radius 1 is 1.30 bits per heavy atom. The molecule has 0 spiro atoms. The molecule has 0 fully saturated rings. The fourth-order valence-corrected chi connectivity index (χ4v) is 2.50. The van der Waals surface area contributed by atoms with E-state index >= 15 is 0 Å². The smallest absolute Gasteiger partial charge is 0.239 e. The van der Waals surface area contributed by atoms with Crippen molar-refractivity contribution in [2.45, 2.75) is 13.0 Å². The summed E-state index contributed by atoms with van der Waals surface area (Å²) in [5, 5.41) is 6.32. The normalized spacial score (nSPS) is 14.2. The average molecular weight is 337 g/mol. The van der Waals surface area contributed by atoms with Gasteiger partial charge in [-0.1, -0.05) is 11.6 Å². The van der Waals surface area contributed by atoms with E-state index in [9.17, 15) is 4.79 Å². The molecular formula is C16H17ClN2O4. The molecule has 7 heteroatoms. The lowest BCUT2D eigenvalue weighted by Gasteiger charge is -2.20. The summed E-state index contributed by atoms with van der Waals surface area (Å²) in [5.41, 5.74) is 0.622. The Bertz CT molecular complexity index is 688. The lowest BCUT2D eigenvalue weighted by Crippen LogP contribution is -2.32. The van der Waals surface area contributed by atoms with Crippen LogP contribution in [-0.4, -0.2) is 25.7 Å². The quantitative estimate of drug-likeness (QED) is 0.878. The number of carbonyl (C=O) groups is 1. The minimum atomic E-state index is -0.199. The van der Waals surface area contributed by atoms with E-state index in [-0.39, 0.29) is 18.5 Å². The van der Waals surface area contributed by atoms with Gasteiger partial charge in [-0.2, -0.15) is 0 Å². The fourth-order valence-electron chi connectivity index (χ4n) is 2.28. The van der Waals surface area contributed by atoms with Gasteiger partial charge in [-0.05, 0) is 19.1 Å². The second kappa shape index (κ2) is 6.83. The van der Waals surface area contributed by atoms with Gasteiger partial charge in [0.25, 0.3) is 0 Å². The van der Waals surface area contributed by atoms with Crippen LogP contribution in [0.1, 0.15) is 18.7 Å². The average Bonchev–Trinajstić information content (AvgIpc) is 3.07. The van der Waals surface area contributed by atoms with Crippen molar-refractivity contribution in [1.29, 1.82) is 0 Å². The van der Waals surface area contributed by atoms with Crippen LogP contribution in [0.4, 0.5) is 5.69 Å². The molecule has 0 bridgehead atoms. The molecule has 0 unspecified atom stereocenters. The highest BCUT2D eigenvalue weighted by Crippen LogP contribution is 2.37. The Kier molecular flexibility index (Phi) is 4.62. The van der Waals surface area contributed by atoms with Crippen molar-refractivity contribution in [3.8, 4) is 11.5 Å². The summed E-state index contributed by atoms with van der Waals surface area (Å²) >= 11 is 6.19. The van der Waals surface area contributed by atoms with E-state index in [1.807, 2.05) is 13.0 Å². The summed E-state index contributed by atoms with van der Waals surface area (Å²) in [5.74, 6) is 1.77. The number of anilines is 1. The van der Waals surface area contributed by atoms with Gasteiger partial charge >= 0.3 is 0 Å². The van der Waals surface area contributed by atoms with Gasteiger partial charge in [-0.3, -0.25) is 4.79 Å². The maximum atomic E-state index is 12.0. The second-order valence-corrected chi connectivity index (χ2v) is 5.54. The molecule has 0 radical (unpaired) electrons. The number of hydrogen-bond acceptors (Lipinski definition) is 5. The molecule has 6 nitrogen and oxygen atoms in total. The zero-order chi connectivity index (χ0) is 16.2. The number of fused-ring (bicyclic) bond motifs is 1. The Balaban J connectivity index is 1.58. The number of carbonyl (C=O) groups excluding carboxylic acids is 1. The van der Waals surface area contributed by atoms with Crippen LogP contribution in [0.5, 0.6) is 11.5 Å². The van der Waals surface area contributed by atoms with Crippen molar-refractivity contribution in [1.82, 2.24) is 5.32 Å². The minimum absolute atomic E-state index is 0.0877. The molecule has 3 rings (SSSR count). The standard InChI is InChI=1S/C16H17ClN2O4/c1-10(13-3-2-4-21-13)19-16(20)9-18-12-8-15-14(7-11(12)17)22-5-6-23-15/h2-4,7-8,10,18H,5-6,9H2,1H3,(H,19,20)/t10-/m1/s1. The number of ether oxygens (including phenoxy) is 2. The van der Waals surface area contributed by atoms with Gasteiger partial charge in [0.1, 0.15) is 19.0 Å². The molecule has 2 N–H and O–H groups in total. The van der Waals surface area contributed by atoms with Crippen LogP contribution >= 0.6 is 11.6 Å². The van der Waals surface area contributed by atoms with Crippen LogP contribution in [0.2, 0.25) is 5.02 Å². The molecule has 1 aromatic carbocycles. The first kappa shape index (κ1) is 15.6. The van der Waals surface area contributed by atoms with Gasteiger partial charge in [0, 0.05) is 12.1 Å². The topological polar surface area (TPSA) is 72.7 Å². The van der Waals surface area contributed by atoms with Crippen molar-refractivity contribution in [2.24, 2.45) is 0 Å². The van der Waals surface area contributed by atoms with E-state index < -0.39 is 0 Å². The van der Waals surface area contributed by atoms with Gasteiger partial charge in [-0.25, -0.2) is 0 Å². The molecule has 1 aliphatic heterocycles. The minimum Gasteiger partial charge on any atom is -0.486 e. The summed E-state index contributed by atoms with van der Waals surface area (Å²) < 4.78 is 16.2. The van der Waals surface area contributed by atoms with Crippen molar-refractivity contribution < 1.29 is 18.7 Å². The molecule has 122 valence electrons. The number of benzene rings is 1. The molecule has 23 heavy (non-hydrogen) atoms. The summed E-state index contributed by atoms with van der Waals surface area (Å²) in [4.78, 5) is 12.0. The Hall–Kier alpha value is -2.34. The largest absolute Gasteiger partial charge is 0.486 e. The fraction of sp³-hybridized carbons (Fsp3) is 0.312. The van der Waals surface area contributed by atoms with E-state index in [0.717, 1.165) is 0 Å². The Morgan fingerprint density at radius 2 is 2.04 bits per heavy atom. The molecule has 2 aromatic rings. The van der Waals surface area contributed by atoms with Crippen molar-refractivity contribution in [3.63, 3.8) is 0 Å². The molecule has 1 aromatic heterocycles. The summed E-state index contributed by atoms with van der Waals surface area (Å²) in [6.07, 6.45) is 1.57. The molecule has 1 atom stereocenters. The maximum Gasteiger partial charge on any atom is 0.239 e. The zero-order valence-corrected chi connectivity index (χ0v) is 13.4. The molecule has 1 aliphatic rings. The lowest BCUT2D eigenvalue weighted by molar-refractivity contribution is -0.120. The van der Waals surface area contributed by atoms with Gasteiger partial charge in [0.2, 0.25) is 5.91 Å². The second-order valence-electron chi connectivity index (χ2n) is 5.13. The lowest BCUT2D eigenvalue weighted by atomic mass is 10.2. The number of amides is 1. The highest BCUT2D eigenvalue weighted by atomic mass is 35.5. The molecular weight excluding hydrogens is 320 g/mol. The SMILES string of the molecule is C[C@@H](NC(=O)CNc1cc2c(cc1Cl)OCCO2)c1ccco1. The summed E-state index contributed by atoms with van der Waals surface area (Å²) in [6.45, 7) is 2.94. The number of nitrogens with one attached hydrogen (secondary N) is 2. The van der Waals surface area contributed by atoms with Crippen LogP contribution in [-0.2, 0) is 4.79 Å². The van der Waals surface area contributed by atoms with Crippen LogP contribution in [0.3, 0.4) is 0 Å². The van der Waals surface area contributed by atoms with Crippen LogP contribution < -0.4 is 20.1 Å². The number of rotatable bonds is 5. The molecule has 1 amide bonds. The van der Waals surface area contributed by atoms with E-state index in [1.54, 1.807) is 24.5 Å². The summed E-state index contributed by atoms with van der Waals surface area (Å²) in [7, 11) is 0. The van der Waals surface area contributed by atoms with Crippen LogP contribution in [0.15, 0.2) is 34.9 Å². The van der Waals surface area contributed by atoms with Crippen molar-refractivity contribution in [2.75, 3.05) is 25.1 Å². The van der Waals surface area contributed by atoms with E-state index in [0.29, 0.717) is 41.2 Å². The third-order valence-electron chi connectivity index (χ3n) is 3.42. The molecule has 0 saturated heterocycles. The first-order chi connectivity index (χ1) is 11.1. The third-order valence-corrected chi connectivity index (χ3v) is 3.73. The Labute approximate surface area is 138 Å². The van der Waals surface area contributed by atoms with Gasteiger partial charge < -0.3 is 24.5 Å². The number of furan rings is 1. The summed E-state index contributed by atoms with van der Waals surface area (Å²) in [6, 6.07) is 6.82. The van der Waals surface area contributed by atoms with Crippen molar-refractivity contribution in [3.05, 3.63) is 41.3 Å².